The van der Waals surface area contributed by atoms with Crippen molar-refractivity contribution in [1.82, 2.24) is 0 Å². The molecular formula is C14H18N4. The Balaban J connectivity index is 2.93. The molecule has 0 radical (unpaired) electrons. The summed E-state index contributed by atoms with van der Waals surface area (Å²) in [5.41, 5.74) is 13.5. The van der Waals surface area contributed by atoms with Gasteiger partial charge in [-0.2, -0.15) is 5.26 Å². The highest BCUT2D eigenvalue weighted by Crippen LogP contribution is 2.20. The van der Waals surface area contributed by atoms with Gasteiger partial charge in [0, 0.05) is 11.1 Å². The second-order valence-electron chi connectivity index (χ2n) is 5.05. The van der Waals surface area contributed by atoms with E-state index in [0.29, 0.717) is 22.8 Å². The minimum atomic E-state index is -0.134. The molecule has 0 fully saturated rings. The van der Waals surface area contributed by atoms with Crippen LogP contribution in [0.2, 0.25) is 0 Å². The predicted octanol–water partition coefficient (Wildman–Crippen LogP) is 2.44. The Morgan fingerprint density at radius 2 is 1.78 bits per heavy atom. The molecule has 0 bridgehead atoms. The predicted molar refractivity (Wildman–Crippen MR) is 74.2 cm³/mol. The maximum Gasteiger partial charge on any atom is 0.125 e. The highest BCUT2D eigenvalue weighted by molar-refractivity contribution is 5.93. The molecule has 4 nitrogen and oxygen atoms in total. The summed E-state index contributed by atoms with van der Waals surface area (Å²) in [4.78, 5) is 4.22. The summed E-state index contributed by atoms with van der Waals surface area (Å²) in [7, 11) is 0. The van der Waals surface area contributed by atoms with Crippen LogP contribution in [-0.4, -0.2) is 5.84 Å². The Kier molecular flexibility index (Phi) is 4.11. The summed E-state index contributed by atoms with van der Waals surface area (Å²) in [6.07, 6.45) is 1.66. The van der Waals surface area contributed by atoms with Crippen molar-refractivity contribution in [2.24, 2.45) is 21.9 Å². The molecule has 0 saturated heterocycles. The number of nitrogens with two attached hydrogens (primary N) is 2. The van der Waals surface area contributed by atoms with E-state index in [1.807, 2.05) is 26.8 Å². The molecule has 0 aliphatic carbocycles. The minimum absolute atomic E-state index is 0.134. The average molecular weight is 242 g/mol. The number of hydrogen-bond donors (Lipinski definition) is 2. The molecule has 1 aromatic rings. The lowest BCUT2D eigenvalue weighted by Crippen LogP contribution is -2.20. The summed E-state index contributed by atoms with van der Waals surface area (Å²) in [6, 6.07) is 8.93. The molecule has 4 heteroatoms. The van der Waals surface area contributed by atoms with Gasteiger partial charge in [-0.3, -0.25) is 0 Å². The van der Waals surface area contributed by atoms with E-state index in [1.165, 1.54) is 0 Å². The van der Waals surface area contributed by atoms with E-state index >= 15 is 0 Å². The largest absolute Gasteiger partial charge is 0.401 e. The zero-order valence-electron chi connectivity index (χ0n) is 10.9. The van der Waals surface area contributed by atoms with Gasteiger partial charge in [0.2, 0.25) is 0 Å². The maximum atomic E-state index is 8.68. The van der Waals surface area contributed by atoms with Gasteiger partial charge < -0.3 is 11.5 Å². The zero-order valence-corrected chi connectivity index (χ0v) is 10.9. The Hall–Kier alpha value is -2.28. The fourth-order valence-corrected chi connectivity index (χ4v) is 1.17. The van der Waals surface area contributed by atoms with Crippen molar-refractivity contribution in [3.05, 3.63) is 41.6 Å². The molecule has 0 aliphatic rings. The first-order valence-electron chi connectivity index (χ1n) is 5.65. The van der Waals surface area contributed by atoms with Crippen LogP contribution in [-0.2, 0) is 0 Å². The molecule has 94 valence electrons. The average Bonchev–Trinajstić information content (AvgIpc) is 2.28. The van der Waals surface area contributed by atoms with E-state index in [-0.39, 0.29) is 5.41 Å². The van der Waals surface area contributed by atoms with Crippen LogP contribution < -0.4 is 11.5 Å². The number of allylic oxidation sites excluding steroid dienone is 1. The van der Waals surface area contributed by atoms with Crippen LogP contribution >= 0.6 is 0 Å². The van der Waals surface area contributed by atoms with E-state index in [2.05, 4.69) is 4.99 Å². The normalized spacial score (nSPS) is 13.2. The highest BCUT2D eigenvalue weighted by Gasteiger charge is 2.13. The molecule has 0 amide bonds. The summed E-state index contributed by atoms with van der Waals surface area (Å²) in [5.74, 6) is 0.354. The Morgan fingerprint density at radius 1 is 1.22 bits per heavy atom. The quantitative estimate of drug-likeness (QED) is 0.616. The first kappa shape index (κ1) is 13.8. The minimum Gasteiger partial charge on any atom is -0.401 e. The van der Waals surface area contributed by atoms with Crippen LogP contribution in [0.25, 0.3) is 0 Å². The standard InChI is InChI=1S/C14H18N4/c1-14(2,3)12(16)8-13(17)18-11-6-4-10(9-15)5-7-11/h4-8H,16H2,1-3H3,(H2,17,18). The highest BCUT2D eigenvalue weighted by atomic mass is 14.9. The van der Waals surface area contributed by atoms with Gasteiger partial charge >= 0.3 is 0 Å². The number of aliphatic imine (C=N–C) groups is 1. The van der Waals surface area contributed by atoms with Crippen molar-refractivity contribution in [2.45, 2.75) is 20.8 Å². The van der Waals surface area contributed by atoms with Crippen LogP contribution in [0.15, 0.2) is 41.0 Å². The van der Waals surface area contributed by atoms with Crippen LogP contribution in [0.4, 0.5) is 5.69 Å². The molecule has 0 unspecified atom stereocenters. The lowest BCUT2D eigenvalue weighted by Gasteiger charge is -2.18. The van der Waals surface area contributed by atoms with Crippen LogP contribution in [0.3, 0.4) is 0 Å². The first-order valence-corrected chi connectivity index (χ1v) is 5.65. The molecule has 0 aliphatic heterocycles. The monoisotopic (exact) mass is 242 g/mol. The van der Waals surface area contributed by atoms with Crippen LogP contribution in [0.1, 0.15) is 26.3 Å². The molecule has 18 heavy (non-hydrogen) atoms. The molecule has 4 N–H and O–H groups in total. The van der Waals surface area contributed by atoms with Crippen molar-refractivity contribution >= 4 is 11.5 Å². The molecule has 1 aromatic carbocycles. The summed E-state index contributed by atoms with van der Waals surface area (Å²) in [6.45, 7) is 6.02. The summed E-state index contributed by atoms with van der Waals surface area (Å²) < 4.78 is 0. The van der Waals surface area contributed by atoms with Crippen molar-refractivity contribution in [2.75, 3.05) is 0 Å². The second kappa shape index (κ2) is 5.37. The lowest BCUT2D eigenvalue weighted by atomic mass is 9.92. The third-order valence-corrected chi connectivity index (χ3v) is 2.42. The Labute approximate surface area is 108 Å². The van der Waals surface area contributed by atoms with E-state index in [4.69, 9.17) is 16.7 Å². The van der Waals surface area contributed by atoms with E-state index in [1.54, 1.807) is 30.3 Å². The number of hydrogen-bond acceptors (Lipinski definition) is 3. The topological polar surface area (TPSA) is 88.2 Å². The molecule has 0 spiro atoms. The van der Waals surface area contributed by atoms with Gasteiger partial charge in [0.25, 0.3) is 0 Å². The van der Waals surface area contributed by atoms with Gasteiger partial charge in [-0.1, -0.05) is 20.8 Å². The van der Waals surface area contributed by atoms with Gasteiger partial charge in [0.05, 0.1) is 17.3 Å². The third-order valence-electron chi connectivity index (χ3n) is 2.42. The smallest absolute Gasteiger partial charge is 0.125 e. The van der Waals surface area contributed by atoms with Gasteiger partial charge in [-0.25, -0.2) is 4.99 Å². The Morgan fingerprint density at radius 3 is 2.22 bits per heavy atom. The Bertz CT molecular complexity index is 510. The van der Waals surface area contributed by atoms with E-state index in [9.17, 15) is 0 Å². The van der Waals surface area contributed by atoms with Crippen molar-refractivity contribution in [1.29, 1.82) is 5.26 Å². The third kappa shape index (κ3) is 3.95. The van der Waals surface area contributed by atoms with Crippen molar-refractivity contribution in [3.8, 4) is 6.07 Å². The van der Waals surface area contributed by atoms with Gasteiger partial charge in [-0.15, -0.1) is 0 Å². The number of rotatable bonds is 2. The van der Waals surface area contributed by atoms with Gasteiger partial charge in [-0.05, 0) is 30.3 Å². The van der Waals surface area contributed by atoms with E-state index in [0.717, 1.165) is 0 Å². The van der Waals surface area contributed by atoms with E-state index < -0.39 is 0 Å². The van der Waals surface area contributed by atoms with Gasteiger partial charge in [0.15, 0.2) is 0 Å². The van der Waals surface area contributed by atoms with Gasteiger partial charge in [0.1, 0.15) is 5.84 Å². The SMILES string of the molecule is CC(C)(C)C(N)=CC(N)=Nc1ccc(C#N)cc1. The molecule has 0 saturated carbocycles. The number of nitriles is 1. The number of benzene rings is 1. The van der Waals surface area contributed by atoms with Crippen LogP contribution in [0.5, 0.6) is 0 Å². The summed E-state index contributed by atoms with van der Waals surface area (Å²) >= 11 is 0. The summed E-state index contributed by atoms with van der Waals surface area (Å²) in [5, 5.41) is 8.68. The molecule has 0 heterocycles. The zero-order chi connectivity index (χ0) is 13.8. The fourth-order valence-electron chi connectivity index (χ4n) is 1.17. The lowest BCUT2D eigenvalue weighted by molar-refractivity contribution is 0.498. The number of amidine groups is 1. The molecule has 1 rings (SSSR count). The van der Waals surface area contributed by atoms with Crippen LogP contribution in [0, 0.1) is 16.7 Å². The molecule has 0 atom stereocenters. The maximum absolute atomic E-state index is 8.68. The van der Waals surface area contributed by atoms with Crippen molar-refractivity contribution < 1.29 is 0 Å². The first-order chi connectivity index (χ1) is 8.32. The molecule has 0 aromatic heterocycles. The fraction of sp³-hybridized carbons (Fsp3) is 0.286. The van der Waals surface area contributed by atoms with Crippen molar-refractivity contribution in [3.63, 3.8) is 0 Å². The molecular weight excluding hydrogens is 224 g/mol. The number of nitrogens with zero attached hydrogens (tertiary/aromatic N) is 2. The second-order valence-corrected chi connectivity index (χ2v) is 5.05.